The summed E-state index contributed by atoms with van der Waals surface area (Å²) in [6.45, 7) is 0.443. The maximum absolute atomic E-state index is 5.32. The minimum atomic E-state index is 0.443. The predicted octanol–water partition coefficient (Wildman–Crippen LogP) is 3.98. The van der Waals surface area contributed by atoms with E-state index in [-0.39, 0.29) is 0 Å². The lowest BCUT2D eigenvalue weighted by molar-refractivity contribution is 0.132. The standard InChI is InChI=1S/C17H19NO3S/c1-19-16-9-6-14(10-17(16)20-2)11-18-21-12-13-4-7-15(22-3)8-5-13/h4-11H,12H2,1-3H3/b18-11+. The van der Waals surface area contributed by atoms with E-state index in [1.165, 1.54) is 4.90 Å². The summed E-state index contributed by atoms with van der Waals surface area (Å²) >= 11 is 1.72. The third-order valence-corrected chi connectivity index (χ3v) is 3.82. The molecular weight excluding hydrogens is 298 g/mol. The second kappa shape index (κ2) is 8.34. The van der Waals surface area contributed by atoms with E-state index in [1.54, 1.807) is 32.2 Å². The van der Waals surface area contributed by atoms with E-state index >= 15 is 0 Å². The van der Waals surface area contributed by atoms with Gasteiger partial charge in [0.15, 0.2) is 11.5 Å². The topological polar surface area (TPSA) is 40.0 Å². The van der Waals surface area contributed by atoms with Gasteiger partial charge in [0.05, 0.1) is 20.4 Å². The lowest BCUT2D eigenvalue weighted by atomic mass is 10.2. The molecule has 0 fully saturated rings. The van der Waals surface area contributed by atoms with Gasteiger partial charge in [-0.2, -0.15) is 0 Å². The number of methoxy groups -OCH3 is 2. The molecule has 0 aliphatic carbocycles. The van der Waals surface area contributed by atoms with Crippen LogP contribution in [0.5, 0.6) is 11.5 Å². The Labute approximate surface area is 135 Å². The van der Waals surface area contributed by atoms with E-state index in [0.29, 0.717) is 18.1 Å². The van der Waals surface area contributed by atoms with Gasteiger partial charge in [0.2, 0.25) is 0 Å². The summed E-state index contributed by atoms with van der Waals surface area (Å²) in [5, 5.41) is 3.98. The normalized spacial score (nSPS) is 10.7. The monoisotopic (exact) mass is 317 g/mol. The Morgan fingerprint density at radius 3 is 2.36 bits per heavy atom. The number of thioether (sulfide) groups is 1. The molecule has 0 heterocycles. The van der Waals surface area contributed by atoms with Crippen molar-refractivity contribution in [2.75, 3.05) is 20.5 Å². The molecule has 0 atom stereocenters. The fraction of sp³-hybridized carbons (Fsp3) is 0.235. The van der Waals surface area contributed by atoms with Gasteiger partial charge in [-0.1, -0.05) is 17.3 Å². The Bertz CT molecular complexity index is 626. The van der Waals surface area contributed by atoms with Crippen molar-refractivity contribution in [1.82, 2.24) is 0 Å². The van der Waals surface area contributed by atoms with Crippen LogP contribution >= 0.6 is 11.8 Å². The molecule has 0 bridgehead atoms. The van der Waals surface area contributed by atoms with Crippen molar-refractivity contribution in [3.8, 4) is 11.5 Å². The van der Waals surface area contributed by atoms with E-state index < -0.39 is 0 Å². The minimum Gasteiger partial charge on any atom is -0.493 e. The molecule has 22 heavy (non-hydrogen) atoms. The van der Waals surface area contributed by atoms with Gasteiger partial charge in [-0.25, -0.2) is 0 Å². The fourth-order valence-corrected chi connectivity index (χ4v) is 2.27. The molecule has 116 valence electrons. The smallest absolute Gasteiger partial charge is 0.161 e. The Hall–Kier alpha value is -2.14. The van der Waals surface area contributed by atoms with Gasteiger partial charge in [0, 0.05) is 10.5 Å². The first-order valence-electron chi connectivity index (χ1n) is 6.77. The number of rotatable bonds is 7. The molecule has 0 aliphatic heterocycles. The molecule has 0 N–H and O–H groups in total. The van der Waals surface area contributed by atoms with Crippen molar-refractivity contribution in [3.05, 3.63) is 53.6 Å². The number of ether oxygens (including phenoxy) is 2. The van der Waals surface area contributed by atoms with Crippen LogP contribution in [0.2, 0.25) is 0 Å². The second-order valence-corrected chi connectivity index (χ2v) is 5.35. The van der Waals surface area contributed by atoms with Gasteiger partial charge in [-0.05, 0) is 42.2 Å². The molecule has 0 aromatic heterocycles. The average Bonchev–Trinajstić information content (AvgIpc) is 2.59. The van der Waals surface area contributed by atoms with E-state index in [1.807, 2.05) is 30.3 Å². The van der Waals surface area contributed by atoms with Crippen LogP contribution < -0.4 is 9.47 Å². The highest BCUT2D eigenvalue weighted by molar-refractivity contribution is 7.98. The lowest BCUT2D eigenvalue weighted by Crippen LogP contribution is -1.92. The van der Waals surface area contributed by atoms with Crippen molar-refractivity contribution in [1.29, 1.82) is 0 Å². The predicted molar refractivity (Wildman–Crippen MR) is 90.2 cm³/mol. The van der Waals surface area contributed by atoms with Gasteiger partial charge in [0.25, 0.3) is 0 Å². The highest BCUT2D eigenvalue weighted by atomic mass is 32.2. The van der Waals surface area contributed by atoms with Crippen LogP contribution in [0.1, 0.15) is 11.1 Å². The van der Waals surface area contributed by atoms with Crippen LogP contribution in [0.4, 0.5) is 0 Å². The van der Waals surface area contributed by atoms with Gasteiger partial charge in [-0.15, -0.1) is 11.8 Å². The quantitative estimate of drug-likeness (QED) is 0.440. The zero-order chi connectivity index (χ0) is 15.8. The molecule has 0 saturated carbocycles. The first kappa shape index (κ1) is 16.2. The van der Waals surface area contributed by atoms with E-state index in [4.69, 9.17) is 14.3 Å². The molecule has 2 rings (SSSR count). The zero-order valence-corrected chi connectivity index (χ0v) is 13.7. The van der Waals surface area contributed by atoms with Crippen molar-refractivity contribution in [2.45, 2.75) is 11.5 Å². The summed E-state index contributed by atoms with van der Waals surface area (Å²) in [4.78, 5) is 6.55. The Morgan fingerprint density at radius 1 is 1.00 bits per heavy atom. The average molecular weight is 317 g/mol. The number of hydrogen-bond donors (Lipinski definition) is 0. The molecule has 0 unspecified atom stereocenters. The lowest BCUT2D eigenvalue weighted by Gasteiger charge is -2.07. The highest BCUT2D eigenvalue weighted by Gasteiger charge is 2.03. The van der Waals surface area contributed by atoms with Gasteiger partial charge >= 0.3 is 0 Å². The van der Waals surface area contributed by atoms with Gasteiger partial charge in [-0.3, -0.25) is 0 Å². The summed E-state index contributed by atoms with van der Waals surface area (Å²) in [6, 6.07) is 13.8. The molecule has 0 aliphatic rings. The van der Waals surface area contributed by atoms with Crippen molar-refractivity contribution < 1.29 is 14.3 Å². The number of benzene rings is 2. The summed E-state index contributed by atoms with van der Waals surface area (Å²) in [5.74, 6) is 1.36. The summed E-state index contributed by atoms with van der Waals surface area (Å²) in [7, 11) is 3.21. The number of oxime groups is 1. The van der Waals surface area contributed by atoms with Crippen LogP contribution in [0, 0.1) is 0 Å². The van der Waals surface area contributed by atoms with E-state index in [0.717, 1.165) is 11.1 Å². The third-order valence-electron chi connectivity index (χ3n) is 3.07. The fourth-order valence-electron chi connectivity index (χ4n) is 1.86. The van der Waals surface area contributed by atoms with Crippen molar-refractivity contribution >= 4 is 18.0 Å². The van der Waals surface area contributed by atoms with Crippen molar-refractivity contribution in [2.24, 2.45) is 5.16 Å². The first-order chi connectivity index (χ1) is 10.8. The summed E-state index contributed by atoms with van der Waals surface area (Å²) < 4.78 is 10.4. The Balaban J connectivity index is 1.91. The molecule has 2 aromatic rings. The van der Waals surface area contributed by atoms with Crippen LogP contribution in [0.3, 0.4) is 0 Å². The Kier molecular flexibility index (Phi) is 6.15. The van der Waals surface area contributed by atoms with Crippen LogP contribution in [-0.2, 0) is 11.4 Å². The van der Waals surface area contributed by atoms with E-state index in [2.05, 4.69) is 23.5 Å². The largest absolute Gasteiger partial charge is 0.493 e. The summed E-state index contributed by atoms with van der Waals surface area (Å²) in [6.07, 6.45) is 3.71. The highest BCUT2D eigenvalue weighted by Crippen LogP contribution is 2.26. The maximum Gasteiger partial charge on any atom is 0.161 e. The van der Waals surface area contributed by atoms with Crippen LogP contribution in [0.25, 0.3) is 0 Å². The second-order valence-electron chi connectivity index (χ2n) is 4.47. The minimum absolute atomic E-state index is 0.443. The van der Waals surface area contributed by atoms with Crippen LogP contribution in [-0.4, -0.2) is 26.7 Å². The molecule has 0 saturated heterocycles. The van der Waals surface area contributed by atoms with E-state index in [9.17, 15) is 0 Å². The third kappa shape index (κ3) is 4.43. The first-order valence-corrected chi connectivity index (χ1v) is 7.99. The molecule has 0 amide bonds. The molecule has 5 heteroatoms. The zero-order valence-electron chi connectivity index (χ0n) is 12.9. The maximum atomic E-state index is 5.32. The SMILES string of the molecule is COc1ccc(/C=N/OCc2ccc(SC)cc2)cc1OC. The van der Waals surface area contributed by atoms with Crippen molar-refractivity contribution in [3.63, 3.8) is 0 Å². The molecule has 0 spiro atoms. The van der Waals surface area contributed by atoms with Gasteiger partial charge < -0.3 is 14.3 Å². The molecular formula is C17H19NO3S. The number of nitrogens with zero attached hydrogens (tertiary/aromatic N) is 1. The molecule has 0 radical (unpaired) electrons. The molecule has 4 nitrogen and oxygen atoms in total. The van der Waals surface area contributed by atoms with Gasteiger partial charge in [0.1, 0.15) is 6.61 Å². The van der Waals surface area contributed by atoms with Crippen LogP contribution in [0.15, 0.2) is 52.5 Å². The summed E-state index contributed by atoms with van der Waals surface area (Å²) in [5.41, 5.74) is 1.97. The molecule has 2 aromatic carbocycles. The Morgan fingerprint density at radius 2 is 1.73 bits per heavy atom. The number of hydrogen-bond acceptors (Lipinski definition) is 5.